The molecule has 0 saturated carbocycles. The summed E-state index contributed by atoms with van der Waals surface area (Å²) in [5.74, 6) is 0. The van der Waals surface area contributed by atoms with Crippen LogP contribution in [-0.4, -0.2) is 9.97 Å². The summed E-state index contributed by atoms with van der Waals surface area (Å²) in [6.07, 6.45) is 2.21. The van der Waals surface area contributed by atoms with Crippen molar-refractivity contribution in [3.05, 3.63) is 21.2 Å². The normalized spacial score (nSPS) is 10.8. The van der Waals surface area contributed by atoms with E-state index in [-0.39, 0.29) is 5.41 Å². The molecule has 1 aromatic rings. The van der Waals surface area contributed by atoms with E-state index in [2.05, 4.69) is 30.7 Å². The summed E-state index contributed by atoms with van der Waals surface area (Å²) in [7, 11) is 0. The van der Waals surface area contributed by atoms with Crippen molar-refractivity contribution in [3.8, 4) is 0 Å². The highest BCUT2D eigenvalue weighted by Crippen LogP contribution is 2.34. The van der Waals surface area contributed by atoms with Gasteiger partial charge in [-0.3, -0.25) is 0 Å². The van der Waals surface area contributed by atoms with Gasteiger partial charge in [-0.1, -0.05) is 52.6 Å². The first kappa shape index (κ1) is 16.6. The Labute approximate surface area is 115 Å². The number of rotatable bonds is 3. The highest BCUT2D eigenvalue weighted by molar-refractivity contribution is 7.71. The van der Waals surface area contributed by atoms with Crippen LogP contribution >= 0.6 is 23.8 Å². The molecule has 0 aliphatic heterocycles. The molecule has 0 aliphatic carbocycles. The molecule has 0 amide bonds. The monoisotopic (exact) mass is 274 g/mol. The van der Waals surface area contributed by atoms with Crippen LogP contribution in [0, 0.1) is 11.7 Å². The highest BCUT2D eigenvalue weighted by atomic mass is 35.5. The minimum atomic E-state index is 0.0441. The van der Waals surface area contributed by atoms with E-state index < -0.39 is 0 Å². The number of aryl methyl sites for hydroxylation is 1. The fourth-order valence-electron chi connectivity index (χ4n) is 2.09. The number of aromatic nitrogens is 2. The summed E-state index contributed by atoms with van der Waals surface area (Å²) < 4.78 is 0.452. The summed E-state index contributed by atoms with van der Waals surface area (Å²) in [5.41, 5.74) is 2.15. The second-order valence-electron chi connectivity index (χ2n) is 4.47. The molecule has 0 bridgehead atoms. The molecule has 0 aliphatic rings. The van der Waals surface area contributed by atoms with Crippen molar-refractivity contribution in [2.45, 2.75) is 59.8 Å². The highest BCUT2D eigenvalue weighted by Gasteiger charge is 2.25. The summed E-state index contributed by atoms with van der Waals surface area (Å²) in [6, 6.07) is 0. The van der Waals surface area contributed by atoms with Crippen molar-refractivity contribution in [1.82, 2.24) is 9.97 Å². The maximum Gasteiger partial charge on any atom is 0.198 e. The van der Waals surface area contributed by atoms with Gasteiger partial charge < -0.3 is 4.98 Å². The molecule has 0 fully saturated rings. The van der Waals surface area contributed by atoms with Crippen molar-refractivity contribution in [3.63, 3.8) is 0 Å². The number of halogens is 1. The first-order chi connectivity index (χ1) is 7.88. The summed E-state index contributed by atoms with van der Waals surface area (Å²) >= 11 is 11.1. The fraction of sp³-hybridized carbons (Fsp3) is 0.692. The van der Waals surface area contributed by atoms with Crippen LogP contribution in [0.3, 0.4) is 0 Å². The van der Waals surface area contributed by atoms with Crippen molar-refractivity contribution in [2.24, 2.45) is 0 Å². The first-order valence-corrected chi connectivity index (χ1v) is 6.94. The third-order valence-corrected chi connectivity index (χ3v) is 3.09. The smallest absolute Gasteiger partial charge is 0.198 e. The standard InChI is InChI=1S/C11H17ClN2S.C2H6/c1-5-6-11(3,4)8-7(2)13-10(15)14-9(8)12;1-2/h5-6H2,1-4H3,(H,13,14,15);1-2H3. The molecule has 0 radical (unpaired) electrons. The Morgan fingerprint density at radius 2 is 1.88 bits per heavy atom. The lowest BCUT2D eigenvalue weighted by Gasteiger charge is -2.26. The second kappa shape index (κ2) is 7.12. The third-order valence-electron chi connectivity index (χ3n) is 2.63. The van der Waals surface area contributed by atoms with Crippen molar-refractivity contribution in [1.29, 1.82) is 0 Å². The zero-order chi connectivity index (χ0) is 13.6. The molecule has 0 aromatic carbocycles. The molecule has 0 unspecified atom stereocenters. The number of hydrogen-bond donors (Lipinski definition) is 1. The van der Waals surface area contributed by atoms with Gasteiger partial charge in [0.25, 0.3) is 0 Å². The number of nitrogens with zero attached hydrogens (tertiary/aromatic N) is 1. The Morgan fingerprint density at radius 1 is 1.35 bits per heavy atom. The van der Waals surface area contributed by atoms with Gasteiger partial charge >= 0.3 is 0 Å². The second-order valence-corrected chi connectivity index (χ2v) is 5.21. The molecule has 1 N–H and O–H groups in total. The molecule has 0 atom stereocenters. The van der Waals surface area contributed by atoms with Crippen LogP contribution in [0.15, 0.2) is 0 Å². The molecule has 4 heteroatoms. The number of aromatic amines is 1. The fourth-order valence-corrected chi connectivity index (χ4v) is 2.86. The molecule has 17 heavy (non-hydrogen) atoms. The van der Waals surface area contributed by atoms with Crippen LogP contribution in [0.2, 0.25) is 5.15 Å². The van der Waals surface area contributed by atoms with E-state index in [0.717, 1.165) is 24.1 Å². The van der Waals surface area contributed by atoms with Crippen LogP contribution in [0.4, 0.5) is 0 Å². The lowest BCUT2D eigenvalue weighted by molar-refractivity contribution is 0.466. The molecule has 0 spiro atoms. The number of hydrogen-bond acceptors (Lipinski definition) is 2. The van der Waals surface area contributed by atoms with Gasteiger partial charge in [-0.05, 0) is 31.0 Å². The van der Waals surface area contributed by atoms with Crippen LogP contribution < -0.4 is 0 Å². The average molecular weight is 275 g/mol. The van der Waals surface area contributed by atoms with Gasteiger partial charge in [0.1, 0.15) is 5.15 Å². The Balaban J connectivity index is 0.00000121. The van der Waals surface area contributed by atoms with Gasteiger partial charge in [0.05, 0.1) is 0 Å². The molecule has 1 rings (SSSR count). The van der Waals surface area contributed by atoms with Gasteiger partial charge in [0.15, 0.2) is 4.77 Å². The lowest BCUT2D eigenvalue weighted by Crippen LogP contribution is -2.20. The van der Waals surface area contributed by atoms with Crippen LogP contribution in [0.25, 0.3) is 0 Å². The van der Waals surface area contributed by atoms with Gasteiger partial charge in [-0.25, -0.2) is 4.98 Å². The zero-order valence-electron chi connectivity index (χ0n) is 11.6. The maximum absolute atomic E-state index is 6.16. The third kappa shape index (κ3) is 4.40. The largest absolute Gasteiger partial charge is 0.334 e. The predicted molar refractivity (Wildman–Crippen MR) is 78.5 cm³/mol. The Bertz CT molecular complexity index is 384. The van der Waals surface area contributed by atoms with Gasteiger partial charge in [-0.2, -0.15) is 0 Å². The van der Waals surface area contributed by atoms with Crippen molar-refractivity contribution >= 4 is 23.8 Å². The topological polar surface area (TPSA) is 28.7 Å². The Kier molecular flexibility index (Phi) is 6.95. The molecular formula is C13H23ClN2S. The minimum absolute atomic E-state index is 0.0441. The summed E-state index contributed by atoms with van der Waals surface area (Å²) in [5, 5.41) is 0.537. The quantitative estimate of drug-likeness (QED) is 0.606. The van der Waals surface area contributed by atoms with Crippen molar-refractivity contribution in [2.75, 3.05) is 0 Å². The van der Waals surface area contributed by atoms with E-state index in [1.54, 1.807) is 0 Å². The Hall–Kier alpha value is -0.410. The minimum Gasteiger partial charge on any atom is -0.334 e. The molecule has 2 nitrogen and oxygen atoms in total. The zero-order valence-corrected chi connectivity index (χ0v) is 13.2. The van der Waals surface area contributed by atoms with Crippen LogP contribution in [0.1, 0.15) is 58.7 Å². The van der Waals surface area contributed by atoms with E-state index in [0.29, 0.717) is 9.92 Å². The molecule has 1 aromatic heterocycles. The van der Waals surface area contributed by atoms with Crippen molar-refractivity contribution < 1.29 is 0 Å². The average Bonchev–Trinajstić information content (AvgIpc) is 2.18. The van der Waals surface area contributed by atoms with E-state index in [4.69, 9.17) is 23.8 Å². The van der Waals surface area contributed by atoms with E-state index in [1.807, 2.05) is 20.8 Å². The molecular weight excluding hydrogens is 252 g/mol. The van der Waals surface area contributed by atoms with E-state index in [1.165, 1.54) is 0 Å². The SMILES string of the molecule is CC.CCCC(C)(C)c1c(Cl)nc(=S)[nH]c1C. The Morgan fingerprint density at radius 3 is 2.29 bits per heavy atom. The molecule has 0 saturated heterocycles. The molecule has 98 valence electrons. The first-order valence-electron chi connectivity index (χ1n) is 6.15. The number of H-pyrrole nitrogens is 1. The van der Waals surface area contributed by atoms with Gasteiger partial charge in [0.2, 0.25) is 0 Å². The predicted octanol–water partition coefficient (Wildman–Crippen LogP) is 5.20. The lowest BCUT2D eigenvalue weighted by atomic mass is 9.80. The van der Waals surface area contributed by atoms with Gasteiger partial charge in [0, 0.05) is 11.3 Å². The van der Waals surface area contributed by atoms with E-state index >= 15 is 0 Å². The maximum atomic E-state index is 6.16. The molecule has 1 heterocycles. The van der Waals surface area contributed by atoms with Crippen LogP contribution in [-0.2, 0) is 5.41 Å². The van der Waals surface area contributed by atoms with Crippen LogP contribution in [0.5, 0.6) is 0 Å². The van der Waals surface area contributed by atoms with Gasteiger partial charge in [-0.15, -0.1) is 0 Å². The summed E-state index contributed by atoms with van der Waals surface area (Å²) in [4.78, 5) is 7.17. The number of nitrogens with one attached hydrogen (secondary N) is 1. The summed E-state index contributed by atoms with van der Waals surface area (Å²) in [6.45, 7) is 12.5. The van der Waals surface area contributed by atoms with E-state index in [9.17, 15) is 0 Å².